The Bertz CT molecular complexity index is 1110. The number of benzene rings is 2. The second kappa shape index (κ2) is 13.9. The van der Waals surface area contributed by atoms with Crippen LogP contribution in [0.5, 0.6) is 0 Å². The van der Waals surface area contributed by atoms with Crippen LogP contribution in [0, 0.1) is 0 Å². The summed E-state index contributed by atoms with van der Waals surface area (Å²) in [6.07, 6.45) is 2.72. The third kappa shape index (κ3) is 8.98. The second-order valence-corrected chi connectivity index (χ2v) is 11.6. The van der Waals surface area contributed by atoms with Crippen LogP contribution in [0.15, 0.2) is 48.5 Å². The van der Waals surface area contributed by atoms with Gasteiger partial charge in [0.05, 0.1) is 11.9 Å². The van der Waals surface area contributed by atoms with Gasteiger partial charge >= 0.3 is 0 Å². The molecule has 0 heterocycles. The SMILES string of the molecule is CC[C@H](C(=O)N[C@@H](C)CC)N(Cc1ccc(Cl)cc1)C(=O)CCCN(c1ccc(Cl)cc1)S(C)(=O)=O. The van der Waals surface area contributed by atoms with E-state index in [0.717, 1.165) is 18.2 Å². The van der Waals surface area contributed by atoms with Gasteiger partial charge in [-0.05, 0) is 68.1 Å². The third-order valence-electron chi connectivity index (χ3n) is 5.92. The number of carbonyl (C=O) groups excluding carboxylic acids is 2. The highest BCUT2D eigenvalue weighted by molar-refractivity contribution is 7.92. The molecule has 2 amide bonds. The molecule has 0 unspecified atom stereocenters. The average molecular weight is 557 g/mol. The van der Waals surface area contributed by atoms with Crippen molar-refractivity contribution in [2.24, 2.45) is 0 Å². The van der Waals surface area contributed by atoms with Crippen molar-refractivity contribution in [2.75, 3.05) is 17.1 Å². The van der Waals surface area contributed by atoms with E-state index in [1.807, 2.05) is 32.9 Å². The Morgan fingerprint density at radius 3 is 2.00 bits per heavy atom. The largest absolute Gasteiger partial charge is 0.352 e. The number of anilines is 1. The number of sulfonamides is 1. The third-order valence-corrected chi connectivity index (χ3v) is 7.62. The quantitative estimate of drug-likeness (QED) is 0.365. The maximum Gasteiger partial charge on any atom is 0.243 e. The molecule has 0 spiro atoms. The molecule has 10 heteroatoms. The Morgan fingerprint density at radius 1 is 0.944 bits per heavy atom. The molecule has 2 atom stereocenters. The highest BCUT2D eigenvalue weighted by Gasteiger charge is 2.29. The Kier molecular flexibility index (Phi) is 11.5. The lowest BCUT2D eigenvalue weighted by Crippen LogP contribution is -2.50. The smallest absolute Gasteiger partial charge is 0.243 e. The van der Waals surface area contributed by atoms with Crippen molar-refractivity contribution in [1.82, 2.24) is 10.2 Å². The number of nitrogens with zero attached hydrogens (tertiary/aromatic N) is 2. The summed E-state index contributed by atoms with van der Waals surface area (Å²) in [4.78, 5) is 28.0. The van der Waals surface area contributed by atoms with Crippen LogP contribution >= 0.6 is 23.2 Å². The summed E-state index contributed by atoms with van der Waals surface area (Å²) in [5.41, 5.74) is 1.33. The lowest BCUT2D eigenvalue weighted by Gasteiger charge is -2.32. The van der Waals surface area contributed by atoms with Crippen LogP contribution in [0.25, 0.3) is 0 Å². The maximum atomic E-state index is 13.4. The van der Waals surface area contributed by atoms with Crippen LogP contribution in [-0.2, 0) is 26.2 Å². The van der Waals surface area contributed by atoms with Crippen molar-refractivity contribution in [2.45, 2.75) is 65.1 Å². The summed E-state index contributed by atoms with van der Waals surface area (Å²) < 4.78 is 26.1. The summed E-state index contributed by atoms with van der Waals surface area (Å²) in [7, 11) is -3.56. The molecule has 0 aromatic heterocycles. The van der Waals surface area contributed by atoms with E-state index < -0.39 is 16.1 Å². The maximum absolute atomic E-state index is 13.4. The molecule has 198 valence electrons. The topological polar surface area (TPSA) is 86.8 Å². The highest BCUT2D eigenvalue weighted by Crippen LogP contribution is 2.22. The predicted octanol–water partition coefficient (Wildman–Crippen LogP) is 5.26. The minimum atomic E-state index is -3.56. The number of rotatable bonds is 13. The first-order valence-corrected chi connectivity index (χ1v) is 14.6. The van der Waals surface area contributed by atoms with E-state index in [1.54, 1.807) is 41.3 Å². The molecule has 2 aromatic rings. The highest BCUT2D eigenvalue weighted by atomic mass is 35.5. The standard InChI is InChI=1S/C26H35Cl2N3O4S/c1-5-19(3)29-26(33)24(6-2)30(18-20-9-11-21(27)12-10-20)25(32)8-7-17-31(36(4,34)35)23-15-13-22(28)14-16-23/h9-16,19,24H,5-8,17-18H2,1-4H3,(H,29,33)/t19-,24+/m0/s1. The molecular formula is C26H35Cl2N3O4S. The Balaban J connectivity index is 2.21. The average Bonchev–Trinajstić information content (AvgIpc) is 2.82. The monoisotopic (exact) mass is 555 g/mol. The van der Waals surface area contributed by atoms with E-state index >= 15 is 0 Å². The summed E-state index contributed by atoms with van der Waals surface area (Å²) >= 11 is 12.0. The molecule has 36 heavy (non-hydrogen) atoms. The van der Waals surface area contributed by atoms with Gasteiger partial charge < -0.3 is 10.2 Å². The lowest BCUT2D eigenvalue weighted by molar-refractivity contribution is -0.141. The van der Waals surface area contributed by atoms with Gasteiger partial charge in [-0.2, -0.15) is 0 Å². The summed E-state index contributed by atoms with van der Waals surface area (Å²) in [5, 5.41) is 4.06. The zero-order chi connectivity index (χ0) is 26.9. The molecular weight excluding hydrogens is 521 g/mol. The van der Waals surface area contributed by atoms with Gasteiger partial charge in [-0.1, -0.05) is 49.2 Å². The zero-order valence-corrected chi connectivity index (χ0v) is 23.5. The summed E-state index contributed by atoms with van der Waals surface area (Å²) in [6, 6.07) is 13.0. The number of carbonyl (C=O) groups is 2. The van der Waals surface area contributed by atoms with Crippen molar-refractivity contribution in [3.05, 3.63) is 64.1 Å². The van der Waals surface area contributed by atoms with Crippen molar-refractivity contribution >= 4 is 50.7 Å². The van der Waals surface area contributed by atoms with Gasteiger partial charge in [0, 0.05) is 35.6 Å². The summed E-state index contributed by atoms with van der Waals surface area (Å²) in [5.74, 6) is -0.422. The molecule has 2 rings (SSSR count). The summed E-state index contributed by atoms with van der Waals surface area (Å²) in [6.45, 7) is 6.14. The fourth-order valence-electron chi connectivity index (χ4n) is 3.76. The molecule has 1 N–H and O–H groups in total. The van der Waals surface area contributed by atoms with E-state index in [4.69, 9.17) is 23.2 Å². The molecule has 0 saturated heterocycles. The van der Waals surface area contributed by atoms with Gasteiger partial charge in [0.15, 0.2) is 0 Å². The van der Waals surface area contributed by atoms with Gasteiger partial charge in [-0.25, -0.2) is 8.42 Å². The van der Waals surface area contributed by atoms with Gasteiger partial charge in [-0.15, -0.1) is 0 Å². The van der Waals surface area contributed by atoms with Crippen LogP contribution < -0.4 is 9.62 Å². The molecule has 7 nitrogen and oxygen atoms in total. The number of nitrogens with one attached hydrogen (secondary N) is 1. The van der Waals surface area contributed by atoms with Crippen molar-refractivity contribution in [1.29, 1.82) is 0 Å². The number of hydrogen-bond acceptors (Lipinski definition) is 4. The van der Waals surface area contributed by atoms with Gasteiger partial charge in [0.2, 0.25) is 21.8 Å². The van der Waals surface area contributed by atoms with Crippen molar-refractivity contribution in [3.63, 3.8) is 0 Å². The molecule has 0 aliphatic rings. The second-order valence-electron chi connectivity index (χ2n) is 8.81. The van der Waals surface area contributed by atoms with E-state index in [2.05, 4.69) is 5.32 Å². The molecule has 0 bridgehead atoms. The molecule has 0 fully saturated rings. The molecule has 0 aliphatic carbocycles. The predicted molar refractivity (Wildman–Crippen MR) is 147 cm³/mol. The van der Waals surface area contributed by atoms with Crippen LogP contribution in [0.2, 0.25) is 10.0 Å². The van der Waals surface area contributed by atoms with Crippen LogP contribution in [0.3, 0.4) is 0 Å². The first kappa shape index (κ1) is 29.9. The van der Waals surface area contributed by atoms with Gasteiger partial charge in [0.25, 0.3) is 0 Å². The minimum absolute atomic E-state index is 0.0123. The van der Waals surface area contributed by atoms with Crippen LogP contribution in [-0.4, -0.2) is 50.0 Å². The Morgan fingerprint density at radius 2 is 1.50 bits per heavy atom. The van der Waals surface area contributed by atoms with E-state index in [-0.39, 0.29) is 43.8 Å². The first-order chi connectivity index (χ1) is 17.0. The first-order valence-electron chi connectivity index (χ1n) is 12.0. The Hall–Kier alpha value is -2.29. The minimum Gasteiger partial charge on any atom is -0.352 e. The van der Waals surface area contributed by atoms with Gasteiger partial charge in [0.1, 0.15) is 6.04 Å². The van der Waals surface area contributed by atoms with E-state index in [1.165, 1.54) is 4.31 Å². The van der Waals surface area contributed by atoms with E-state index in [9.17, 15) is 18.0 Å². The Labute approximate surface area is 224 Å². The number of amides is 2. The van der Waals surface area contributed by atoms with Crippen molar-refractivity contribution < 1.29 is 18.0 Å². The van der Waals surface area contributed by atoms with E-state index in [0.29, 0.717) is 22.2 Å². The number of halogens is 2. The number of hydrogen-bond donors (Lipinski definition) is 1. The molecule has 0 saturated carbocycles. The van der Waals surface area contributed by atoms with Crippen LogP contribution in [0.4, 0.5) is 5.69 Å². The molecule has 0 aliphatic heterocycles. The molecule has 2 aromatic carbocycles. The van der Waals surface area contributed by atoms with Crippen LogP contribution in [0.1, 0.15) is 52.0 Å². The molecule has 0 radical (unpaired) electrons. The normalized spacial score (nSPS) is 13.1. The zero-order valence-electron chi connectivity index (χ0n) is 21.2. The van der Waals surface area contributed by atoms with Crippen molar-refractivity contribution in [3.8, 4) is 0 Å². The fraction of sp³-hybridized carbons (Fsp3) is 0.462. The lowest BCUT2D eigenvalue weighted by atomic mass is 10.1. The van der Waals surface area contributed by atoms with Gasteiger partial charge in [-0.3, -0.25) is 13.9 Å². The fourth-order valence-corrected chi connectivity index (χ4v) is 4.98.